The molecule has 1 aliphatic heterocycles. The highest BCUT2D eigenvalue weighted by Gasteiger charge is 2.72. The Morgan fingerprint density at radius 1 is 1.26 bits per heavy atom. The van der Waals surface area contributed by atoms with E-state index >= 15 is 0 Å². The third kappa shape index (κ3) is 2.01. The number of allylic oxidation sites excluding steroid dienone is 3. The Kier molecular flexibility index (Phi) is 3.33. The number of carbonyl (C=O) groups is 2. The summed E-state index contributed by atoms with van der Waals surface area (Å²) in [5.41, 5.74) is -2.02. The molecule has 5 rings (SSSR count). The van der Waals surface area contributed by atoms with Gasteiger partial charge in [-0.3, -0.25) is 9.59 Å². The van der Waals surface area contributed by atoms with E-state index in [1.54, 1.807) is 6.08 Å². The Bertz CT molecular complexity index is 853. The zero-order valence-electron chi connectivity index (χ0n) is 15.5. The predicted molar refractivity (Wildman–Crippen MR) is 93.9 cm³/mol. The van der Waals surface area contributed by atoms with E-state index in [1.165, 1.54) is 18.9 Å². The van der Waals surface area contributed by atoms with Gasteiger partial charge in [-0.15, -0.1) is 0 Å². The molecule has 0 amide bonds. The monoisotopic (exact) mass is 371 g/mol. The standard InChI is InChI=1S/C21H25NO5/c1-22(11-12-2-3-12)9-8-20-17-13(4-5-14(23)18(17)25)10-16(22)21(20,27)7-6-15(24)19(20)26/h4-5,10,12,16,19,26-27H,2-3,6-9,11H2,1H3/t16?,19?,20-,21?,22?/m0/s1. The fraction of sp³-hybridized carbons (Fsp3) is 0.619. The number of rotatable bonds is 2. The Morgan fingerprint density at radius 2 is 2.00 bits per heavy atom. The number of nitrogens with zero attached hydrogens (tertiary/aromatic N) is 1. The highest BCUT2D eigenvalue weighted by atomic mass is 16.3. The Balaban J connectivity index is 1.77. The summed E-state index contributed by atoms with van der Waals surface area (Å²) in [7, 11) is 2.13. The lowest BCUT2D eigenvalue weighted by Crippen LogP contribution is -2.79. The smallest absolute Gasteiger partial charge is 0.171 e. The largest absolute Gasteiger partial charge is 0.870 e. The van der Waals surface area contributed by atoms with Crippen LogP contribution in [0.15, 0.2) is 35.1 Å². The first-order valence-corrected chi connectivity index (χ1v) is 9.87. The minimum atomic E-state index is -1.45. The van der Waals surface area contributed by atoms with Gasteiger partial charge in [0, 0.05) is 18.8 Å². The first kappa shape index (κ1) is 17.3. The van der Waals surface area contributed by atoms with Crippen LogP contribution in [0.5, 0.6) is 0 Å². The number of likely N-dealkylation sites (tertiary alicyclic amines) is 1. The number of piperidine rings is 1. The second kappa shape index (κ2) is 5.19. The molecule has 3 fully saturated rings. The number of aliphatic hydroxyl groups is 2. The number of aliphatic hydroxyl groups excluding tert-OH is 1. The van der Waals surface area contributed by atoms with Crippen LogP contribution in [0.3, 0.4) is 0 Å². The summed E-state index contributed by atoms with van der Waals surface area (Å²) < 4.78 is 0.649. The number of carbonyl (C=O) groups excluding carboxylic acids is 2. The number of hydrogen-bond donors (Lipinski definition) is 2. The minimum Gasteiger partial charge on any atom is -0.870 e. The lowest BCUT2D eigenvalue weighted by atomic mass is 9.47. The maximum absolute atomic E-state index is 12.8. The fourth-order valence-electron chi connectivity index (χ4n) is 6.28. The lowest BCUT2D eigenvalue weighted by Gasteiger charge is -2.66. The number of fused-ring (bicyclic) bond motifs is 1. The topological polar surface area (TPSA) is 97.7 Å². The van der Waals surface area contributed by atoms with E-state index in [2.05, 4.69) is 7.05 Å². The maximum Gasteiger partial charge on any atom is 0.171 e. The van der Waals surface area contributed by atoms with E-state index < -0.39 is 28.7 Å². The molecule has 1 heterocycles. The summed E-state index contributed by atoms with van der Waals surface area (Å²) in [4.78, 5) is 24.6. The molecule has 0 spiro atoms. The molecule has 0 aromatic heterocycles. The molecule has 0 aromatic carbocycles. The van der Waals surface area contributed by atoms with Crippen LogP contribution < -0.4 is 5.11 Å². The molecule has 5 atom stereocenters. The van der Waals surface area contributed by atoms with Crippen molar-refractivity contribution in [1.82, 2.24) is 0 Å². The lowest BCUT2D eigenvalue weighted by molar-refractivity contribution is -0.944. The van der Waals surface area contributed by atoms with E-state index in [9.17, 15) is 24.9 Å². The molecule has 2 N–H and O–H groups in total. The second-order valence-corrected chi connectivity index (χ2v) is 9.31. The van der Waals surface area contributed by atoms with E-state index in [0.717, 1.165) is 6.54 Å². The van der Waals surface area contributed by atoms with E-state index in [4.69, 9.17) is 0 Å². The van der Waals surface area contributed by atoms with Gasteiger partial charge < -0.3 is 19.8 Å². The second-order valence-electron chi connectivity index (χ2n) is 9.31. The molecular formula is C21H25NO5. The van der Waals surface area contributed by atoms with Gasteiger partial charge in [0.15, 0.2) is 11.6 Å². The summed E-state index contributed by atoms with van der Waals surface area (Å²) in [6.45, 7) is 1.61. The minimum absolute atomic E-state index is 0.0910. The molecule has 0 radical (unpaired) electrons. The predicted octanol–water partition coefficient (Wildman–Crippen LogP) is -0.250. The van der Waals surface area contributed by atoms with Crippen molar-refractivity contribution in [2.24, 2.45) is 11.3 Å². The van der Waals surface area contributed by atoms with Crippen LogP contribution in [0.2, 0.25) is 0 Å². The van der Waals surface area contributed by atoms with Crippen molar-refractivity contribution >= 4 is 11.6 Å². The van der Waals surface area contributed by atoms with Crippen molar-refractivity contribution in [1.29, 1.82) is 0 Å². The van der Waals surface area contributed by atoms with Gasteiger partial charge in [-0.25, -0.2) is 0 Å². The quantitative estimate of drug-likeness (QED) is 0.653. The van der Waals surface area contributed by atoms with Gasteiger partial charge in [0.05, 0.1) is 25.6 Å². The first-order valence-electron chi connectivity index (χ1n) is 9.87. The Morgan fingerprint density at radius 3 is 2.70 bits per heavy atom. The van der Waals surface area contributed by atoms with Crippen molar-refractivity contribution in [3.63, 3.8) is 0 Å². The number of ketones is 2. The molecule has 4 unspecified atom stereocenters. The molecule has 6 heteroatoms. The van der Waals surface area contributed by atoms with E-state index in [0.29, 0.717) is 28.9 Å². The zero-order chi connectivity index (χ0) is 19.2. The molecule has 4 aliphatic carbocycles. The van der Waals surface area contributed by atoms with Gasteiger partial charge in [0.1, 0.15) is 17.7 Å². The van der Waals surface area contributed by atoms with Crippen LogP contribution in [0, 0.1) is 11.3 Å². The molecule has 1 saturated heterocycles. The number of Topliss-reactive ketones (excluding diaryl/α,β-unsaturated/α-hetero) is 1. The van der Waals surface area contributed by atoms with Gasteiger partial charge in [-0.05, 0) is 42.6 Å². The van der Waals surface area contributed by atoms with Crippen LogP contribution in [-0.4, -0.2) is 64.1 Å². The molecule has 5 aliphatic rings. The average Bonchev–Trinajstić information content (AvgIpc) is 3.43. The van der Waals surface area contributed by atoms with Gasteiger partial charge >= 0.3 is 0 Å². The van der Waals surface area contributed by atoms with Crippen molar-refractivity contribution in [3.05, 3.63) is 35.1 Å². The summed E-state index contributed by atoms with van der Waals surface area (Å²) in [5.74, 6) is -1.04. The third-order valence-corrected chi connectivity index (χ3v) is 7.78. The van der Waals surface area contributed by atoms with Crippen LogP contribution in [-0.2, 0) is 9.59 Å². The first-order chi connectivity index (χ1) is 12.7. The molecular weight excluding hydrogens is 346 g/mol. The van der Waals surface area contributed by atoms with E-state index in [1.807, 2.05) is 6.08 Å². The van der Waals surface area contributed by atoms with Gasteiger partial charge in [-0.1, -0.05) is 11.8 Å². The van der Waals surface area contributed by atoms with Gasteiger partial charge in [0.2, 0.25) is 0 Å². The van der Waals surface area contributed by atoms with Gasteiger partial charge in [0.25, 0.3) is 0 Å². The normalized spacial score (nSPS) is 46.1. The SMILES string of the molecule is C[N+]1(CC2CC2)CC[C@@]23C4=C([O-])C(=O)C=CC4=CC1C2(O)CCC(=O)C3O. The summed E-state index contributed by atoms with van der Waals surface area (Å²) in [6, 6.07) is -0.306. The molecule has 0 aromatic rings. The van der Waals surface area contributed by atoms with Crippen molar-refractivity contribution < 1.29 is 29.4 Å². The maximum atomic E-state index is 12.8. The van der Waals surface area contributed by atoms with E-state index in [-0.39, 0.29) is 30.2 Å². The molecule has 2 saturated carbocycles. The molecule has 6 nitrogen and oxygen atoms in total. The van der Waals surface area contributed by atoms with Crippen molar-refractivity contribution in [3.8, 4) is 0 Å². The number of likely N-dealkylation sites (N-methyl/N-ethyl adjacent to an activating group) is 1. The highest BCUT2D eigenvalue weighted by Crippen LogP contribution is 2.62. The number of quaternary nitrogens is 1. The Hall–Kier alpha value is -1.76. The third-order valence-electron chi connectivity index (χ3n) is 7.78. The zero-order valence-corrected chi connectivity index (χ0v) is 15.5. The molecule has 27 heavy (non-hydrogen) atoms. The van der Waals surface area contributed by atoms with Crippen LogP contribution in [0.25, 0.3) is 0 Å². The van der Waals surface area contributed by atoms with Crippen molar-refractivity contribution in [2.75, 3.05) is 20.1 Å². The summed E-state index contributed by atoms with van der Waals surface area (Å²) in [6.07, 6.45) is 6.39. The average molecular weight is 371 g/mol. The summed E-state index contributed by atoms with van der Waals surface area (Å²) in [5, 5.41) is 35.8. The van der Waals surface area contributed by atoms with Crippen LogP contribution >= 0.6 is 0 Å². The van der Waals surface area contributed by atoms with Crippen molar-refractivity contribution in [2.45, 2.75) is 49.9 Å². The fourth-order valence-corrected chi connectivity index (χ4v) is 6.28. The molecule has 144 valence electrons. The van der Waals surface area contributed by atoms with Crippen LogP contribution in [0.4, 0.5) is 0 Å². The van der Waals surface area contributed by atoms with Gasteiger partial charge in [-0.2, -0.15) is 0 Å². The molecule has 2 bridgehead atoms. The number of hydrogen-bond acceptors (Lipinski definition) is 5. The highest BCUT2D eigenvalue weighted by molar-refractivity contribution is 6.05. The summed E-state index contributed by atoms with van der Waals surface area (Å²) >= 11 is 0. The Labute approximate surface area is 158 Å². The van der Waals surface area contributed by atoms with Crippen LogP contribution in [0.1, 0.15) is 32.1 Å².